The molecule has 0 radical (unpaired) electrons. The van der Waals surface area contributed by atoms with Gasteiger partial charge in [-0.3, -0.25) is 10.1 Å². The number of hydrogen-bond acceptors (Lipinski definition) is 5. The Morgan fingerprint density at radius 1 is 1.13 bits per heavy atom. The SMILES string of the molecule is N#CC(=Cc1cc(Br)ccc1OCc1ccc(C(=O)O)cc1)c1cccc([N+](=O)[O-])c1. The highest BCUT2D eigenvalue weighted by Gasteiger charge is 2.11. The van der Waals surface area contributed by atoms with Gasteiger partial charge in [0.2, 0.25) is 0 Å². The first-order chi connectivity index (χ1) is 14.9. The van der Waals surface area contributed by atoms with Gasteiger partial charge in [0.25, 0.3) is 5.69 Å². The van der Waals surface area contributed by atoms with Gasteiger partial charge in [0, 0.05) is 22.2 Å². The van der Waals surface area contributed by atoms with Crippen LogP contribution in [0.25, 0.3) is 11.6 Å². The first-order valence-electron chi connectivity index (χ1n) is 8.98. The number of benzene rings is 3. The number of nitro groups is 1. The van der Waals surface area contributed by atoms with Crippen LogP contribution in [0.3, 0.4) is 0 Å². The van der Waals surface area contributed by atoms with Gasteiger partial charge in [-0.1, -0.05) is 40.2 Å². The number of non-ortho nitro benzene ring substituents is 1. The minimum atomic E-state index is -1.00. The summed E-state index contributed by atoms with van der Waals surface area (Å²) in [6, 6.07) is 19.6. The van der Waals surface area contributed by atoms with Gasteiger partial charge in [0.15, 0.2) is 0 Å². The highest BCUT2D eigenvalue weighted by atomic mass is 79.9. The zero-order valence-electron chi connectivity index (χ0n) is 16.0. The summed E-state index contributed by atoms with van der Waals surface area (Å²) >= 11 is 3.40. The Kier molecular flexibility index (Phi) is 6.80. The fourth-order valence-corrected chi connectivity index (χ4v) is 3.17. The van der Waals surface area contributed by atoms with E-state index in [9.17, 15) is 20.2 Å². The second kappa shape index (κ2) is 9.69. The van der Waals surface area contributed by atoms with Crippen LogP contribution in [-0.4, -0.2) is 16.0 Å². The molecule has 0 unspecified atom stereocenters. The first kappa shape index (κ1) is 21.7. The van der Waals surface area contributed by atoms with E-state index in [0.29, 0.717) is 16.9 Å². The predicted octanol–water partition coefficient (Wildman–Crippen LogP) is 5.70. The average Bonchev–Trinajstić information content (AvgIpc) is 2.77. The van der Waals surface area contributed by atoms with E-state index in [1.54, 1.807) is 42.5 Å². The number of rotatable bonds is 7. The van der Waals surface area contributed by atoms with Crippen LogP contribution in [-0.2, 0) is 6.61 Å². The van der Waals surface area contributed by atoms with Crippen molar-refractivity contribution in [1.82, 2.24) is 0 Å². The zero-order chi connectivity index (χ0) is 22.4. The van der Waals surface area contributed by atoms with E-state index in [1.807, 2.05) is 0 Å². The molecule has 0 spiro atoms. The number of carboxylic acids is 1. The Hall–Kier alpha value is -3.96. The molecule has 31 heavy (non-hydrogen) atoms. The van der Waals surface area contributed by atoms with E-state index >= 15 is 0 Å². The number of hydrogen-bond donors (Lipinski definition) is 1. The lowest BCUT2D eigenvalue weighted by molar-refractivity contribution is -0.384. The number of nitriles is 1. The van der Waals surface area contributed by atoms with Gasteiger partial charge < -0.3 is 9.84 Å². The summed E-state index contributed by atoms with van der Waals surface area (Å²) in [5, 5.41) is 29.7. The van der Waals surface area contributed by atoms with Crippen LogP contribution in [0.1, 0.15) is 27.0 Å². The summed E-state index contributed by atoms with van der Waals surface area (Å²) < 4.78 is 6.66. The van der Waals surface area contributed by atoms with Gasteiger partial charge in [-0.05, 0) is 47.5 Å². The third kappa shape index (κ3) is 5.56. The quantitative estimate of drug-likeness (QED) is 0.201. The van der Waals surface area contributed by atoms with E-state index in [0.717, 1.165) is 10.0 Å². The molecule has 154 valence electrons. The van der Waals surface area contributed by atoms with Gasteiger partial charge in [0.05, 0.1) is 22.1 Å². The summed E-state index contributed by atoms with van der Waals surface area (Å²) in [6.45, 7) is 0.196. The molecule has 3 aromatic rings. The molecular weight excluding hydrogens is 464 g/mol. The predicted molar refractivity (Wildman–Crippen MR) is 118 cm³/mol. The molecule has 0 amide bonds. The van der Waals surface area contributed by atoms with E-state index in [2.05, 4.69) is 22.0 Å². The third-order valence-electron chi connectivity index (χ3n) is 4.36. The molecule has 3 aromatic carbocycles. The minimum Gasteiger partial charge on any atom is -0.488 e. The normalized spacial score (nSPS) is 10.9. The summed E-state index contributed by atoms with van der Waals surface area (Å²) in [5.74, 6) is -0.498. The first-order valence-corrected chi connectivity index (χ1v) is 9.78. The fraction of sp³-hybridized carbons (Fsp3) is 0.0435. The van der Waals surface area contributed by atoms with Crippen molar-refractivity contribution >= 4 is 39.2 Å². The van der Waals surface area contributed by atoms with Crippen molar-refractivity contribution in [3.05, 3.63) is 104 Å². The van der Waals surface area contributed by atoms with Crippen molar-refractivity contribution in [2.75, 3.05) is 0 Å². The summed E-state index contributed by atoms with van der Waals surface area (Å²) in [5.41, 5.74) is 2.15. The maximum atomic E-state index is 11.0. The Labute approximate surface area is 186 Å². The third-order valence-corrected chi connectivity index (χ3v) is 4.85. The van der Waals surface area contributed by atoms with E-state index in [4.69, 9.17) is 9.84 Å². The number of nitrogens with zero attached hydrogens (tertiary/aromatic N) is 2. The largest absolute Gasteiger partial charge is 0.488 e. The lowest BCUT2D eigenvalue weighted by atomic mass is 10.0. The molecule has 0 saturated carbocycles. The lowest BCUT2D eigenvalue weighted by Gasteiger charge is -2.11. The van der Waals surface area contributed by atoms with Gasteiger partial charge in [-0.15, -0.1) is 0 Å². The molecule has 0 saturated heterocycles. The van der Waals surface area contributed by atoms with Crippen LogP contribution in [0.5, 0.6) is 5.75 Å². The van der Waals surface area contributed by atoms with Crippen LogP contribution in [0.4, 0.5) is 5.69 Å². The fourth-order valence-electron chi connectivity index (χ4n) is 2.79. The van der Waals surface area contributed by atoms with Crippen LogP contribution >= 0.6 is 15.9 Å². The van der Waals surface area contributed by atoms with E-state index in [-0.39, 0.29) is 23.4 Å². The molecule has 0 fully saturated rings. The lowest BCUT2D eigenvalue weighted by Crippen LogP contribution is -2.00. The molecule has 0 bridgehead atoms. The summed E-state index contributed by atoms with van der Waals surface area (Å²) in [7, 11) is 0. The zero-order valence-corrected chi connectivity index (χ0v) is 17.6. The van der Waals surface area contributed by atoms with Crippen molar-refractivity contribution in [3.8, 4) is 11.8 Å². The monoisotopic (exact) mass is 478 g/mol. The van der Waals surface area contributed by atoms with Crippen molar-refractivity contribution < 1.29 is 19.6 Å². The van der Waals surface area contributed by atoms with Gasteiger partial charge in [0.1, 0.15) is 12.4 Å². The molecule has 1 N–H and O–H groups in total. The average molecular weight is 479 g/mol. The molecular formula is C23H15BrN2O5. The molecule has 0 heterocycles. The Balaban J connectivity index is 1.89. The van der Waals surface area contributed by atoms with Crippen molar-refractivity contribution in [1.29, 1.82) is 5.26 Å². The second-order valence-corrected chi connectivity index (χ2v) is 7.37. The number of nitro benzene ring substituents is 1. The standard InChI is InChI=1S/C23H15BrN2O5/c24-20-8-9-22(31-14-15-4-6-16(7-5-15)23(27)28)18(11-20)10-19(13-25)17-2-1-3-21(12-17)26(29)30/h1-12H,14H2,(H,27,28). The molecule has 3 rings (SSSR count). The molecule has 7 nitrogen and oxygen atoms in total. The number of aromatic carboxylic acids is 1. The molecule has 0 atom stereocenters. The Morgan fingerprint density at radius 3 is 2.52 bits per heavy atom. The number of halogens is 1. The molecule has 8 heteroatoms. The van der Waals surface area contributed by atoms with Crippen molar-refractivity contribution in [2.45, 2.75) is 6.61 Å². The van der Waals surface area contributed by atoms with Gasteiger partial charge in [-0.25, -0.2) is 4.79 Å². The summed E-state index contributed by atoms with van der Waals surface area (Å²) in [4.78, 5) is 21.5. The van der Waals surface area contributed by atoms with E-state index < -0.39 is 10.9 Å². The number of carboxylic acid groups (broad SMARTS) is 1. The van der Waals surface area contributed by atoms with Gasteiger partial charge in [-0.2, -0.15) is 5.26 Å². The van der Waals surface area contributed by atoms with Crippen LogP contribution in [0, 0.1) is 21.4 Å². The molecule has 0 aliphatic rings. The maximum absolute atomic E-state index is 11.0. The summed E-state index contributed by atoms with van der Waals surface area (Å²) in [6.07, 6.45) is 1.60. The van der Waals surface area contributed by atoms with Crippen LogP contribution in [0.15, 0.2) is 71.2 Å². The van der Waals surface area contributed by atoms with Gasteiger partial charge >= 0.3 is 5.97 Å². The highest BCUT2D eigenvalue weighted by Crippen LogP contribution is 2.29. The molecule has 0 aliphatic heterocycles. The number of allylic oxidation sites excluding steroid dienone is 1. The highest BCUT2D eigenvalue weighted by molar-refractivity contribution is 9.10. The maximum Gasteiger partial charge on any atom is 0.335 e. The van der Waals surface area contributed by atoms with Crippen molar-refractivity contribution in [3.63, 3.8) is 0 Å². The Bertz CT molecular complexity index is 1210. The minimum absolute atomic E-state index is 0.103. The molecule has 0 aliphatic carbocycles. The molecule has 0 aromatic heterocycles. The second-order valence-electron chi connectivity index (χ2n) is 6.45. The number of ether oxygens (including phenoxy) is 1. The van der Waals surface area contributed by atoms with Crippen LogP contribution < -0.4 is 4.74 Å². The van der Waals surface area contributed by atoms with Crippen molar-refractivity contribution in [2.24, 2.45) is 0 Å². The topological polar surface area (TPSA) is 113 Å². The smallest absolute Gasteiger partial charge is 0.335 e. The van der Waals surface area contributed by atoms with Crippen LogP contribution in [0.2, 0.25) is 0 Å². The van der Waals surface area contributed by atoms with E-state index in [1.165, 1.54) is 30.3 Å². The number of carbonyl (C=O) groups is 1. The Morgan fingerprint density at radius 2 is 1.87 bits per heavy atom.